The van der Waals surface area contributed by atoms with E-state index in [1.54, 1.807) is 26.3 Å². The van der Waals surface area contributed by atoms with Crippen LogP contribution in [-0.4, -0.2) is 26.6 Å². The zero-order valence-corrected chi connectivity index (χ0v) is 9.73. The average molecular weight is 231 g/mol. The summed E-state index contributed by atoms with van der Waals surface area (Å²) in [6.07, 6.45) is 0. The minimum Gasteiger partial charge on any atom is -0.497 e. The molecule has 17 heavy (non-hydrogen) atoms. The predicted octanol–water partition coefficient (Wildman–Crippen LogP) is 0.826. The Bertz CT molecular complexity index is 493. The molecule has 0 bridgehead atoms. The Morgan fingerprint density at radius 3 is 2.94 bits per heavy atom. The van der Waals surface area contributed by atoms with E-state index < -0.39 is 6.04 Å². The van der Waals surface area contributed by atoms with Crippen LogP contribution in [0.2, 0.25) is 0 Å². The summed E-state index contributed by atoms with van der Waals surface area (Å²) >= 11 is 0. The van der Waals surface area contributed by atoms with Gasteiger partial charge in [0.2, 0.25) is 5.91 Å². The number of hydrogen-bond acceptors (Lipinski definition) is 4. The molecule has 88 valence electrons. The average Bonchev–Trinajstić information content (AvgIpc) is 2.62. The third-order valence-corrected chi connectivity index (χ3v) is 2.87. The fraction of sp³-hybridized carbons (Fsp3) is 0.333. The standard InChI is InChI=1S/C12H13N3O2/c1-14-11-9-7-8(17-2)3-4-10(9)15(6-5-13)12(11)16/h3-4,7,11,14H,6H2,1-2H3. The van der Waals surface area contributed by atoms with Crippen LogP contribution in [0.25, 0.3) is 0 Å². The van der Waals surface area contributed by atoms with E-state index in [0.29, 0.717) is 5.75 Å². The van der Waals surface area contributed by atoms with Crippen molar-refractivity contribution in [2.75, 3.05) is 25.6 Å². The van der Waals surface area contributed by atoms with Crippen LogP contribution in [0, 0.1) is 11.3 Å². The second-order valence-electron chi connectivity index (χ2n) is 3.73. The van der Waals surface area contributed by atoms with Gasteiger partial charge in [-0.15, -0.1) is 0 Å². The molecule has 1 aliphatic heterocycles. The SMILES string of the molecule is CNC1C(=O)N(CC#N)c2ccc(OC)cc21. The van der Waals surface area contributed by atoms with Gasteiger partial charge in [-0.3, -0.25) is 9.69 Å². The van der Waals surface area contributed by atoms with Gasteiger partial charge in [0.15, 0.2) is 0 Å². The molecule has 1 aliphatic rings. The van der Waals surface area contributed by atoms with Gasteiger partial charge < -0.3 is 10.1 Å². The summed E-state index contributed by atoms with van der Waals surface area (Å²) in [5.41, 5.74) is 1.63. The summed E-state index contributed by atoms with van der Waals surface area (Å²) in [6, 6.07) is 7.02. The predicted molar refractivity (Wildman–Crippen MR) is 62.8 cm³/mol. The highest BCUT2D eigenvalue weighted by Gasteiger charge is 2.36. The van der Waals surface area contributed by atoms with Crippen molar-refractivity contribution in [3.05, 3.63) is 23.8 Å². The Labute approximate surface area is 99.6 Å². The van der Waals surface area contributed by atoms with Crippen molar-refractivity contribution in [1.29, 1.82) is 5.26 Å². The number of likely N-dealkylation sites (N-methyl/N-ethyl adjacent to an activating group) is 1. The largest absolute Gasteiger partial charge is 0.497 e. The number of methoxy groups -OCH3 is 1. The topological polar surface area (TPSA) is 65.4 Å². The smallest absolute Gasteiger partial charge is 0.249 e. The fourth-order valence-electron chi connectivity index (χ4n) is 2.06. The second kappa shape index (κ2) is 4.44. The molecule has 0 fully saturated rings. The highest BCUT2D eigenvalue weighted by Crippen LogP contribution is 2.37. The van der Waals surface area contributed by atoms with Gasteiger partial charge in [-0.25, -0.2) is 0 Å². The molecule has 0 radical (unpaired) electrons. The van der Waals surface area contributed by atoms with E-state index in [-0.39, 0.29) is 12.5 Å². The number of nitrogens with one attached hydrogen (secondary N) is 1. The molecule has 0 aliphatic carbocycles. The van der Waals surface area contributed by atoms with Crippen LogP contribution in [0.3, 0.4) is 0 Å². The Morgan fingerprint density at radius 2 is 2.35 bits per heavy atom. The van der Waals surface area contributed by atoms with Crippen LogP contribution < -0.4 is 15.0 Å². The molecule has 1 unspecified atom stereocenters. The number of carbonyl (C=O) groups excluding carboxylic acids is 1. The number of amides is 1. The van der Waals surface area contributed by atoms with E-state index in [2.05, 4.69) is 5.32 Å². The van der Waals surface area contributed by atoms with E-state index in [0.717, 1.165) is 11.3 Å². The first-order chi connectivity index (χ1) is 8.22. The minimum absolute atomic E-state index is 0.0658. The first kappa shape index (κ1) is 11.4. The Morgan fingerprint density at radius 1 is 1.59 bits per heavy atom. The molecule has 1 heterocycles. The van der Waals surface area contributed by atoms with E-state index in [9.17, 15) is 4.79 Å². The molecule has 1 aromatic rings. The molecule has 0 aromatic heterocycles. The highest BCUT2D eigenvalue weighted by molar-refractivity contribution is 6.05. The first-order valence-corrected chi connectivity index (χ1v) is 5.26. The first-order valence-electron chi connectivity index (χ1n) is 5.26. The number of ether oxygens (including phenoxy) is 1. The van der Waals surface area contributed by atoms with Crippen LogP contribution in [0.15, 0.2) is 18.2 Å². The van der Waals surface area contributed by atoms with Crippen molar-refractivity contribution >= 4 is 11.6 Å². The van der Waals surface area contributed by atoms with E-state index in [1.807, 2.05) is 12.1 Å². The fourth-order valence-corrected chi connectivity index (χ4v) is 2.06. The lowest BCUT2D eigenvalue weighted by atomic mass is 10.1. The molecule has 1 amide bonds. The molecule has 0 saturated heterocycles. The van der Waals surface area contributed by atoms with Gasteiger partial charge in [-0.2, -0.15) is 5.26 Å². The number of nitrogens with zero attached hydrogens (tertiary/aromatic N) is 2. The molecule has 0 spiro atoms. The van der Waals surface area contributed by atoms with Crippen LogP contribution in [0.5, 0.6) is 5.75 Å². The normalized spacial score (nSPS) is 17.8. The molecule has 0 saturated carbocycles. The van der Waals surface area contributed by atoms with Crippen LogP contribution >= 0.6 is 0 Å². The Kier molecular flexibility index (Phi) is 2.98. The number of anilines is 1. The van der Waals surface area contributed by atoms with Gasteiger partial charge in [-0.1, -0.05) is 0 Å². The quantitative estimate of drug-likeness (QED) is 0.782. The van der Waals surface area contributed by atoms with Gasteiger partial charge in [0.05, 0.1) is 18.9 Å². The second-order valence-corrected chi connectivity index (χ2v) is 3.73. The monoisotopic (exact) mass is 231 g/mol. The number of carbonyl (C=O) groups is 1. The van der Waals surface area contributed by atoms with E-state index in [1.165, 1.54) is 4.90 Å². The van der Waals surface area contributed by atoms with Crippen molar-refractivity contribution in [2.24, 2.45) is 0 Å². The molecule has 2 rings (SSSR count). The molecule has 5 heteroatoms. The minimum atomic E-state index is -0.395. The number of nitriles is 1. The van der Waals surface area contributed by atoms with Crippen LogP contribution in [0.1, 0.15) is 11.6 Å². The van der Waals surface area contributed by atoms with E-state index in [4.69, 9.17) is 10.00 Å². The summed E-state index contributed by atoms with van der Waals surface area (Å²) in [6.45, 7) is 0.0658. The molecule has 5 nitrogen and oxygen atoms in total. The highest BCUT2D eigenvalue weighted by atomic mass is 16.5. The molecular weight excluding hydrogens is 218 g/mol. The van der Waals surface area contributed by atoms with Crippen molar-refractivity contribution < 1.29 is 9.53 Å². The van der Waals surface area contributed by atoms with Gasteiger partial charge >= 0.3 is 0 Å². The summed E-state index contributed by atoms with van der Waals surface area (Å²) in [4.78, 5) is 13.5. The van der Waals surface area contributed by atoms with Gasteiger partial charge in [0, 0.05) is 5.56 Å². The third-order valence-electron chi connectivity index (χ3n) is 2.87. The summed E-state index contributed by atoms with van der Waals surface area (Å²) in [5.74, 6) is 0.605. The lowest BCUT2D eigenvalue weighted by Gasteiger charge is -2.13. The summed E-state index contributed by atoms with van der Waals surface area (Å²) in [5, 5.41) is 11.7. The lowest BCUT2D eigenvalue weighted by Crippen LogP contribution is -2.33. The van der Waals surface area contributed by atoms with Crippen LogP contribution in [-0.2, 0) is 4.79 Å². The van der Waals surface area contributed by atoms with Gasteiger partial charge in [0.25, 0.3) is 0 Å². The Hall–Kier alpha value is -2.06. The van der Waals surface area contributed by atoms with Crippen molar-refractivity contribution in [3.8, 4) is 11.8 Å². The van der Waals surface area contributed by atoms with Crippen molar-refractivity contribution in [3.63, 3.8) is 0 Å². The summed E-state index contributed by atoms with van der Waals surface area (Å²) < 4.78 is 5.14. The number of fused-ring (bicyclic) bond motifs is 1. The molecule has 1 atom stereocenters. The van der Waals surface area contributed by atoms with Crippen LogP contribution in [0.4, 0.5) is 5.69 Å². The maximum Gasteiger partial charge on any atom is 0.249 e. The van der Waals surface area contributed by atoms with E-state index >= 15 is 0 Å². The van der Waals surface area contributed by atoms with Crippen molar-refractivity contribution in [2.45, 2.75) is 6.04 Å². The lowest BCUT2D eigenvalue weighted by molar-refractivity contribution is -0.119. The van der Waals surface area contributed by atoms with Gasteiger partial charge in [0.1, 0.15) is 18.3 Å². The summed E-state index contributed by atoms with van der Waals surface area (Å²) in [7, 11) is 3.31. The Balaban J connectivity index is 2.49. The van der Waals surface area contributed by atoms with Gasteiger partial charge in [-0.05, 0) is 25.2 Å². The maximum atomic E-state index is 12.1. The maximum absolute atomic E-state index is 12.1. The molecule has 1 N–H and O–H groups in total. The third kappa shape index (κ3) is 1.73. The number of rotatable bonds is 3. The van der Waals surface area contributed by atoms with Crippen molar-refractivity contribution in [1.82, 2.24) is 5.32 Å². The zero-order valence-electron chi connectivity index (χ0n) is 9.73. The number of hydrogen-bond donors (Lipinski definition) is 1. The number of benzene rings is 1. The molecule has 1 aromatic carbocycles. The molecular formula is C12H13N3O2. The zero-order chi connectivity index (χ0) is 12.4.